The summed E-state index contributed by atoms with van der Waals surface area (Å²) in [5.74, 6) is 0. The van der Waals surface area contributed by atoms with E-state index in [2.05, 4.69) is 11.6 Å². The zero-order chi connectivity index (χ0) is 15.2. The highest BCUT2D eigenvalue weighted by atomic mass is 32.2. The molecule has 0 aromatic rings. The molecule has 0 bridgehead atoms. The molecule has 2 aliphatic rings. The molecule has 1 fully saturated rings. The lowest BCUT2D eigenvalue weighted by atomic mass is 9.94. The summed E-state index contributed by atoms with van der Waals surface area (Å²) in [6, 6.07) is -0.787. The van der Waals surface area contributed by atoms with Crippen LogP contribution in [0, 0.1) is 0 Å². The molecular weight excluding hydrogens is 297 g/mol. The molecule has 0 unspecified atom stereocenters. The van der Waals surface area contributed by atoms with Gasteiger partial charge in [-0.2, -0.15) is 13.2 Å². The smallest absolute Gasteiger partial charge is 0.388 e. The Labute approximate surface area is 118 Å². The zero-order valence-electron chi connectivity index (χ0n) is 10.8. The fourth-order valence-electron chi connectivity index (χ4n) is 2.01. The Morgan fingerprint density at radius 3 is 2.45 bits per heavy atom. The van der Waals surface area contributed by atoms with E-state index in [9.17, 15) is 23.4 Å². The second-order valence-corrected chi connectivity index (χ2v) is 5.91. The molecular formula is C11H15F3N2O3S. The molecule has 114 valence electrons. The van der Waals surface area contributed by atoms with Crippen molar-refractivity contribution in [2.45, 2.75) is 36.0 Å². The quantitative estimate of drug-likeness (QED) is 0.694. The van der Waals surface area contributed by atoms with E-state index in [1.165, 1.54) is 0 Å². The van der Waals surface area contributed by atoms with Gasteiger partial charge >= 0.3 is 6.18 Å². The summed E-state index contributed by atoms with van der Waals surface area (Å²) in [7, 11) is 3.44. The van der Waals surface area contributed by atoms with Crippen molar-refractivity contribution in [3.05, 3.63) is 12.2 Å². The van der Waals surface area contributed by atoms with Crippen LogP contribution in [-0.2, 0) is 4.74 Å². The Bertz CT molecular complexity index is 441. The van der Waals surface area contributed by atoms with Gasteiger partial charge in [0, 0.05) is 14.1 Å². The Morgan fingerprint density at radius 1 is 1.35 bits per heavy atom. The largest absolute Gasteiger partial charge is 0.414 e. The lowest BCUT2D eigenvalue weighted by Gasteiger charge is -2.39. The SMILES string of the molecule is C=C([C@H]1O[C@@H]2SC(N(C)C)=N[C@@H]2[C@@H](O)[C@@H]1O)C(F)(F)F. The number of nitrogens with zero attached hydrogens (tertiary/aromatic N) is 2. The summed E-state index contributed by atoms with van der Waals surface area (Å²) in [6.45, 7) is 2.92. The highest BCUT2D eigenvalue weighted by Gasteiger charge is 2.52. The number of hydrogen-bond donors (Lipinski definition) is 2. The summed E-state index contributed by atoms with van der Waals surface area (Å²) in [5, 5.41) is 20.3. The number of halogens is 3. The molecule has 5 nitrogen and oxygen atoms in total. The van der Waals surface area contributed by atoms with E-state index >= 15 is 0 Å². The van der Waals surface area contributed by atoms with E-state index in [1.54, 1.807) is 19.0 Å². The number of hydrogen-bond acceptors (Lipinski definition) is 6. The van der Waals surface area contributed by atoms with Crippen molar-refractivity contribution in [3.8, 4) is 0 Å². The number of alkyl halides is 3. The van der Waals surface area contributed by atoms with Gasteiger partial charge < -0.3 is 19.8 Å². The van der Waals surface area contributed by atoms with Crippen molar-refractivity contribution >= 4 is 16.9 Å². The summed E-state index contributed by atoms with van der Waals surface area (Å²) in [5.41, 5.74) is -1.98. The number of aliphatic hydroxyl groups is 2. The molecule has 2 N–H and O–H groups in total. The fourth-order valence-corrected chi connectivity index (χ4v) is 3.15. The van der Waals surface area contributed by atoms with Crippen LogP contribution in [0.1, 0.15) is 0 Å². The van der Waals surface area contributed by atoms with Gasteiger partial charge in [-0.15, -0.1) is 0 Å². The number of fused-ring (bicyclic) bond motifs is 1. The maximum atomic E-state index is 12.7. The van der Waals surface area contributed by atoms with Gasteiger partial charge in [0.1, 0.15) is 29.8 Å². The predicted octanol–water partition coefficient (Wildman–Crippen LogP) is 0.585. The van der Waals surface area contributed by atoms with Gasteiger partial charge in [0.2, 0.25) is 0 Å². The van der Waals surface area contributed by atoms with Gasteiger partial charge in [0.05, 0.1) is 5.57 Å². The Balaban J connectivity index is 2.19. The second kappa shape index (κ2) is 5.21. The second-order valence-electron chi connectivity index (χ2n) is 4.84. The summed E-state index contributed by atoms with van der Waals surface area (Å²) >= 11 is 1.11. The zero-order valence-corrected chi connectivity index (χ0v) is 11.6. The van der Waals surface area contributed by atoms with E-state index in [0.29, 0.717) is 5.17 Å². The van der Waals surface area contributed by atoms with Gasteiger partial charge in [-0.25, -0.2) is 0 Å². The normalized spacial score (nSPS) is 37.4. The minimum Gasteiger partial charge on any atom is -0.388 e. The number of aliphatic imine (C=N–C) groups is 1. The van der Waals surface area contributed by atoms with Crippen molar-refractivity contribution in [3.63, 3.8) is 0 Å². The van der Waals surface area contributed by atoms with Crippen LogP contribution in [0.5, 0.6) is 0 Å². The molecule has 0 aromatic carbocycles. The van der Waals surface area contributed by atoms with Crippen LogP contribution in [0.2, 0.25) is 0 Å². The molecule has 1 saturated heterocycles. The van der Waals surface area contributed by atoms with Gasteiger partial charge in [0.15, 0.2) is 5.17 Å². The van der Waals surface area contributed by atoms with E-state index < -0.39 is 41.5 Å². The van der Waals surface area contributed by atoms with Crippen molar-refractivity contribution in [2.24, 2.45) is 4.99 Å². The molecule has 2 rings (SSSR count). The van der Waals surface area contributed by atoms with Crippen LogP contribution in [0.25, 0.3) is 0 Å². The third-order valence-electron chi connectivity index (χ3n) is 3.14. The van der Waals surface area contributed by atoms with Gasteiger partial charge in [-0.3, -0.25) is 4.99 Å². The van der Waals surface area contributed by atoms with Gasteiger partial charge in [-0.1, -0.05) is 18.3 Å². The molecule has 2 aliphatic heterocycles. The van der Waals surface area contributed by atoms with Crippen LogP contribution in [0.15, 0.2) is 17.1 Å². The van der Waals surface area contributed by atoms with Crippen LogP contribution in [-0.4, -0.2) is 70.3 Å². The summed E-state index contributed by atoms with van der Waals surface area (Å²) < 4.78 is 43.3. The Hall–Kier alpha value is -0.770. The Morgan fingerprint density at radius 2 is 1.95 bits per heavy atom. The lowest BCUT2D eigenvalue weighted by molar-refractivity contribution is -0.170. The lowest BCUT2D eigenvalue weighted by Crippen LogP contribution is -2.56. The molecule has 20 heavy (non-hydrogen) atoms. The van der Waals surface area contributed by atoms with Crippen LogP contribution >= 0.6 is 11.8 Å². The minimum absolute atomic E-state index is 0.532. The third-order valence-corrected chi connectivity index (χ3v) is 4.44. The fraction of sp³-hybridized carbons (Fsp3) is 0.727. The van der Waals surface area contributed by atoms with E-state index in [0.717, 1.165) is 11.8 Å². The number of aliphatic hydroxyl groups excluding tert-OH is 2. The molecule has 0 spiro atoms. The molecule has 9 heteroatoms. The number of thioether (sulfide) groups is 1. The monoisotopic (exact) mass is 312 g/mol. The molecule has 5 atom stereocenters. The summed E-state index contributed by atoms with van der Waals surface area (Å²) in [4.78, 5) is 5.82. The average molecular weight is 312 g/mol. The molecule has 2 heterocycles. The minimum atomic E-state index is -4.69. The standard InChI is InChI=1S/C11H15F3N2O3S/c1-4(11(12,13)14)8-7(18)6(17)5-9(19-8)20-10(15-5)16(2)3/h5-9,17-18H,1H2,2-3H3/t5-,6-,7+,8-,9-/m1/s1. The first-order valence-corrected chi connectivity index (χ1v) is 6.70. The van der Waals surface area contributed by atoms with Crippen LogP contribution in [0.4, 0.5) is 13.2 Å². The number of rotatable bonds is 1. The van der Waals surface area contributed by atoms with Crippen LogP contribution in [0.3, 0.4) is 0 Å². The van der Waals surface area contributed by atoms with Crippen LogP contribution < -0.4 is 0 Å². The van der Waals surface area contributed by atoms with Crippen molar-refractivity contribution in [1.29, 1.82) is 0 Å². The molecule has 0 amide bonds. The Kier molecular flexibility index (Phi) is 4.07. The average Bonchev–Trinajstić information content (AvgIpc) is 2.76. The maximum absolute atomic E-state index is 12.7. The third kappa shape index (κ3) is 2.67. The molecule has 0 aliphatic carbocycles. The number of amidine groups is 1. The van der Waals surface area contributed by atoms with Crippen molar-refractivity contribution < 1.29 is 28.1 Å². The number of ether oxygens (including phenoxy) is 1. The highest BCUT2D eigenvalue weighted by Crippen LogP contribution is 2.41. The van der Waals surface area contributed by atoms with Crippen molar-refractivity contribution in [2.75, 3.05) is 14.1 Å². The van der Waals surface area contributed by atoms with E-state index in [4.69, 9.17) is 4.74 Å². The topological polar surface area (TPSA) is 65.3 Å². The van der Waals surface area contributed by atoms with Crippen molar-refractivity contribution in [1.82, 2.24) is 4.90 Å². The molecule has 0 radical (unpaired) electrons. The van der Waals surface area contributed by atoms with Gasteiger partial charge in [0.25, 0.3) is 0 Å². The van der Waals surface area contributed by atoms with Gasteiger partial charge in [-0.05, 0) is 0 Å². The highest BCUT2D eigenvalue weighted by molar-refractivity contribution is 8.14. The first-order valence-electron chi connectivity index (χ1n) is 5.82. The van der Waals surface area contributed by atoms with E-state index in [1.807, 2.05) is 0 Å². The summed E-state index contributed by atoms with van der Waals surface area (Å²) in [6.07, 6.45) is -9.51. The van der Waals surface area contributed by atoms with E-state index in [-0.39, 0.29) is 0 Å². The first-order chi connectivity index (χ1) is 9.12. The maximum Gasteiger partial charge on any atom is 0.414 e. The molecule has 0 saturated carbocycles. The first kappa shape index (κ1) is 15.6. The predicted molar refractivity (Wildman–Crippen MR) is 68.4 cm³/mol. The molecule has 0 aromatic heterocycles.